The monoisotopic (exact) mass is 766 g/mol. The summed E-state index contributed by atoms with van der Waals surface area (Å²) in [5.41, 5.74) is 8.38. The van der Waals surface area contributed by atoms with Crippen molar-refractivity contribution in [3.8, 4) is 29.1 Å². The second-order valence-corrected chi connectivity index (χ2v) is 17.3. The van der Waals surface area contributed by atoms with E-state index < -0.39 is 0 Å². The summed E-state index contributed by atoms with van der Waals surface area (Å²) >= 11 is 0. The number of rotatable bonds is 2. The lowest BCUT2D eigenvalue weighted by atomic mass is 9.64. The van der Waals surface area contributed by atoms with Gasteiger partial charge in [-0.05, 0) is 101 Å². The van der Waals surface area contributed by atoms with Crippen LogP contribution in [0.4, 0.5) is 39.8 Å². The summed E-state index contributed by atoms with van der Waals surface area (Å²) in [6.45, 7) is 9.23. The molecule has 2 saturated carbocycles. The zero-order valence-corrected chi connectivity index (χ0v) is 32.9. The molecule has 0 unspecified atom stereocenters. The van der Waals surface area contributed by atoms with E-state index in [1.54, 1.807) is 0 Å². The number of ether oxygens (including phenoxy) is 2. The van der Waals surface area contributed by atoms with Crippen LogP contribution in [0.15, 0.2) is 121 Å². The standard InChI is InChI=1S/C53H42N4O2/c1-55-47-38(32-54)48(56-39-20-8-10-22-43(39)58-50-36-18-6-4-16-34(36)24-26-41(50)56)45-46(53(30-14-3-15-31-53)33-52(45)28-12-2-13-29-52)49(47)57-40-21-9-11-23-44(40)59-51-37-19-7-5-17-35(37)25-27-42(51)57/h4-11,16-27H,2-3,12-15,28-31,33H2. The number of benzene rings is 7. The lowest BCUT2D eigenvalue weighted by Gasteiger charge is -2.42. The molecular weight excluding hydrogens is 725 g/mol. The highest BCUT2D eigenvalue weighted by molar-refractivity contribution is 6.07. The van der Waals surface area contributed by atoms with Gasteiger partial charge in [0.15, 0.2) is 23.0 Å². The highest BCUT2D eigenvalue weighted by Gasteiger charge is 2.57. The van der Waals surface area contributed by atoms with E-state index in [0.717, 1.165) is 136 Å². The fourth-order valence-electron chi connectivity index (χ4n) is 12.0. The first-order chi connectivity index (χ1) is 29.1. The summed E-state index contributed by atoms with van der Waals surface area (Å²) in [7, 11) is 0. The highest BCUT2D eigenvalue weighted by Crippen LogP contribution is 2.70. The van der Waals surface area contributed by atoms with Gasteiger partial charge in [0, 0.05) is 10.8 Å². The summed E-state index contributed by atoms with van der Waals surface area (Å²) < 4.78 is 13.7. The second kappa shape index (κ2) is 12.9. The van der Waals surface area contributed by atoms with Crippen LogP contribution in [0.3, 0.4) is 0 Å². The van der Waals surface area contributed by atoms with Gasteiger partial charge >= 0.3 is 0 Å². The molecule has 0 amide bonds. The number of hydrogen-bond acceptors (Lipinski definition) is 5. The molecule has 0 atom stereocenters. The number of para-hydroxylation sites is 4. The van der Waals surface area contributed by atoms with Crippen molar-refractivity contribution in [1.82, 2.24) is 0 Å². The molecule has 3 aliphatic carbocycles. The summed E-state index contributed by atoms with van der Waals surface area (Å²) in [5.74, 6) is 3.04. The van der Waals surface area contributed by atoms with Crippen LogP contribution in [-0.4, -0.2) is 0 Å². The van der Waals surface area contributed by atoms with Crippen LogP contribution in [-0.2, 0) is 10.8 Å². The van der Waals surface area contributed by atoms with Crippen LogP contribution >= 0.6 is 0 Å². The minimum atomic E-state index is -0.163. The Kier molecular flexibility index (Phi) is 7.48. The quantitative estimate of drug-likeness (QED) is 0.164. The molecule has 0 N–H and O–H groups in total. The van der Waals surface area contributed by atoms with E-state index >= 15 is 0 Å². The molecule has 7 aromatic carbocycles. The fraction of sp³-hybridized carbons (Fsp3) is 0.245. The lowest BCUT2D eigenvalue weighted by Crippen LogP contribution is -2.33. The molecule has 0 aromatic heterocycles. The average Bonchev–Trinajstić information content (AvgIpc) is 3.54. The first kappa shape index (κ1) is 34.3. The minimum Gasteiger partial charge on any atom is -0.452 e. The maximum absolute atomic E-state index is 11.8. The Labute approximate surface area is 344 Å². The van der Waals surface area contributed by atoms with Crippen molar-refractivity contribution in [2.45, 2.75) is 81.5 Å². The lowest BCUT2D eigenvalue weighted by molar-refractivity contribution is 0.204. The van der Waals surface area contributed by atoms with Gasteiger partial charge in [0.2, 0.25) is 5.69 Å². The predicted molar refractivity (Wildman–Crippen MR) is 236 cm³/mol. The third kappa shape index (κ3) is 4.78. The number of hydrogen-bond donors (Lipinski definition) is 0. The molecule has 0 saturated heterocycles. The third-order valence-electron chi connectivity index (χ3n) is 14.3. The Morgan fingerprint density at radius 1 is 0.525 bits per heavy atom. The molecule has 286 valence electrons. The molecule has 2 spiro atoms. The van der Waals surface area contributed by atoms with E-state index in [9.17, 15) is 11.8 Å². The van der Waals surface area contributed by atoms with Crippen molar-refractivity contribution in [2.24, 2.45) is 0 Å². The van der Waals surface area contributed by atoms with Gasteiger partial charge in [-0.2, -0.15) is 5.26 Å². The van der Waals surface area contributed by atoms with Crippen molar-refractivity contribution >= 4 is 61.4 Å². The zero-order chi connectivity index (χ0) is 39.3. The topological polar surface area (TPSA) is 53.1 Å². The Bertz CT molecular complexity index is 2790. The molecule has 6 nitrogen and oxygen atoms in total. The van der Waals surface area contributed by atoms with Gasteiger partial charge in [-0.15, -0.1) is 0 Å². The van der Waals surface area contributed by atoms with E-state index in [2.05, 4.69) is 118 Å². The zero-order valence-electron chi connectivity index (χ0n) is 32.9. The first-order valence-electron chi connectivity index (χ1n) is 21.3. The summed E-state index contributed by atoms with van der Waals surface area (Å²) in [5, 5.41) is 16.0. The molecule has 6 heteroatoms. The van der Waals surface area contributed by atoms with Crippen molar-refractivity contribution < 1.29 is 9.47 Å². The normalized spacial score (nSPS) is 17.9. The largest absolute Gasteiger partial charge is 0.452 e. The van der Waals surface area contributed by atoms with E-state index in [-0.39, 0.29) is 10.8 Å². The summed E-state index contributed by atoms with van der Waals surface area (Å²) in [6, 6.07) is 44.6. The van der Waals surface area contributed by atoms with Crippen LogP contribution in [0.2, 0.25) is 0 Å². The van der Waals surface area contributed by atoms with Gasteiger partial charge in [-0.1, -0.05) is 123 Å². The average molecular weight is 767 g/mol. The Morgan fingerprint density at radius 3 is 1.49 bits per heavy atom. The molecule has 2 aliphatic heterocycles. The number of nitriles is 1. The van der Waals surface area contributed by atoms with Crippen molar-refractivity contribution in [3.63, 3.8) is 0 Å². The molecule has 7 aromatic rings. The Morgan fingerprint density at radius 2 is 0.983 bits per heavy atom. The molecule has 2 fully saturated rings. The van der Waals surface area contributed by atoms with Gasteiger partial charge < -0.3 is 19.3 Å². The highest BCUT2D eigenvalue weighted by atomic mass is 16.5. The van der Waals surface area contributed by atoms with Gasteiger partial charge in [0.05, 0.1) is 52.3 Å². The second-order valence-electron chi connectivity index (χ2n) is 17.3. The van der Waals surface area contributed by atoms with Crippen molar-refractivity contribution in [2.75, 3.05) is 9.80 Å². The first-order valence-corrected chi connectivity index (χ1v) is 21.3. The number of nitrogens with zero attached hydrogens (tertiary/aromatic N) is 4. The summed E-state index contributed by atoms with van der Waals surface area (Å²) in [6.07, 6.45) is 12.3. The molecule has 0 radical (unpaired) electrons. The van der Waals surface area contributed by atoms with E-state index in [4.69, 9.17) is 9.47 Å². The van der Waals surface area contributed by atoms with Crippen LogP contribution in [0.1, 0.15) is 87.3 Å². The number of fused-ring (bicyclic) bond motifs is 11. The fourth-order valence-corrected chi connectivity index (χ4v) is 12.0. The number of anilines is 6. The third-order valence-corrected chi connectivity index (χ3v) is 14.3. The maximum atomic E-state index is 11.8. The van der Waals surface area contributed by atoms with Gasteiger partial charge in [-0.25, -0.2) is 4.85 Å². The molecule has 59 heavy (non-hydrogen) atoms. The van der Waals surface area contributed by atoms with E-state index in [0.29, 0.717) is 11.3 Å². The SMILES string of the molecule is [C-]#[N+]c1c(C#N)c(N2c3ccccc3Oc3c2ccc2ccccc32)c2c(c1N1c3ccccc3Oc3c1ccc1ccccc31)C1(CCCCC1)CC21CCCCC1. The Hall–Kier alpha value is -6.76. The van der Waals surface area contributed by atoms with Crippen LogP contribution in [0.25, 0.3) is 26.4 Å². The van der Waals surface area contributed by atoms with Crippen LogP contribution in [0.5, 0.6) is 23.0 Å². The molecule has 5 aliphatic rings. The summed E-state index contributed by atoms with van der Waals surface area (Å²) in [4.78, 5) is 9.16. The maximum Gasteiger partial charge on any atom is 0.230 e. The molecule has 0 bridgehead atoms. The Balaban J connectivity index is 1.26. The van der Waals surface area contributed by atoms with Gasteiger partial charge in [-0.3, -0.25) is 0 Å². The van der Waals surface area contributed by atoms with Gasteiger partial charge in [0.25, 0.3) is 0 Å². The predicted octanol–water partition coefficient (Wildman–Crippen LogP) is 15.4. The minimum absolute atomic E-state index is 0.162. The molecular formula is C53H42N4O2. The smallest absolute Gasteiger partial charge is 0.230 e. The van der Waals surface area contributed by atoms with Gasteiger partial charge in [0.1, 0.15) is 0 Å². The van der Waals surface area contributed by atoms with E-state index in [1.807, 2.05) is 24.3 Å². The van der Waals surface area contributed by atoms with Crippen LogP contribution < -0.4 is 19.3 Å². The molecule has 2 heterocycles. The molecule has 12 rings (SSSR count). The van der Waals surface area contributed by atoms with Crippen molar-refractivity contribution in [3.05, 3.63) is 149 Å². The van der Waals surface area contributed by atoms with Crippen molar-refractivity contribution in [1.29, 1.82) is 5.26 Å². The van der Waals surface area contributed by atoms with E-state index in [1.165, 1.54) is 24.0 Å². The van der Waals surface area contributed by atoms with Crippen LogP contribution in [0, 0.1) is 17.9 Å².